The second-order valence-corrected chi connectivity index (χ2v) is 3.95. The molecular weight excluding hydrogens is 202 g/mol. The Kier molecular flexibility index (Phi) is 3.54. The molecule has 1 heterocycles. The Balaban J connectivity index is 2.13. The molecular formula is C12H17N3O. The number of hydrogen-bond donors (Lipinski definition) is 3. The van der Waals surface area contributed by atoms with Gasteiger partial charge in [0.25, 0.3) is 5.91 Å². The van der Waals surface area contributed by atoms with Crippen LogP contribution in [0.5, 0.6) is 0 Å². The number of amides is 1. The van der Waals surface area contributed by atoms with E-state index in [0.29, 0.717) is 13.1 Å². The molecule has 0 unspecified atom stereocenters. The first kappa shape index (κ1) is 11.1. The number of nitrogens with one attached hydrogen (secondary N) is 2. The predicted molar refractivity (Wildman–Crippen MR) is 63.2 cm³/mol. The van der Waals surface area contributed by atoms with Crippen molar-refractivity contribution >= 4 is 5.91 Å². The Labute approximate surface area is 95.2 Å². The fourth-order valence-corrected chi connectivity index (χ4v) is 1.91. The van der Waals surface area contributed by atoms with Crippen LogP contribution in [0.4, 0.5) is 0 Å². The summed E-state index contributed by atoms with van der Waals surface area (Å²) in [5.41, 5.74) is 8.63. The Bertz CT molecular complexity index is 390. The molecule has 4 heteroatoms. The molecule has 86 valence electrons. The minimum Gasteiger partial charge on any atom is -0.351 e. The van der Waals surface area contributed by atoms with E-state index in [-0.39, 0.29) is 5.91 Å². The van der Waals surface area contributed by atoms with Crippen LogP contribution in [0.3, 0.4) is 0 Å². The third kappa shape index (κ3) is 2.40. The highest BCUT2D eigenvalue weighted by atomic mass is 16.1. The smallest absolute Gasteiger partial charge is 0.251 e. The van der Waals surface area contributed by atoms with Crippen molar-refractivity contribution in [2.24, 2.45) is 5.73 Å². The SMILES string of the molecule is NCCNC(=O)c1ccc2c(c1)CNCC2. The van der Waals surface area contributed by atoms with Crippen LogP contribution in [0.2, 0.25) is 0 Å². The van der Waals surface area contributed by atoms with Crippen molar-refractivity contribution in [1.29, 1.82) is 0 Å². The lowest BCUT2D eigenvalue weighted by atomic mass is 9.98. The number of fused-ring (bicyclic) bond motifs is 1. The highest BCUT2D eigenvalue weighted by Gasteiger charge is 2.11. The van der Waals surface area contributed by atoms with Crippen LogP contribution in [0.25, 0.3) is 0 Å². The van der Waals surface area contributed by atoms with Gasteiger partial charge in [-0.3, -0.25) is 4.79 Å². The van der Waals surface area contributed by atoms with Crippen molar-refractivity contribution in [2.45, 2.75) is 13.0 Å². The van der Waals surface area contributed by atoms with Gasteiger partial charge in [-0.15, -0.1) is 0 Å². The molecule has 1 aromatic rings. The minimum absolute atomic E-state index is 0.0428. The molecule has 0 fully saturated rings. The predicted octanol–water partition coefficient (Wildman–Crippen LogP) is 0.0208. The molecule has 0 spiro atoms. The zero-order valence-electron chi connectivity index (χ0n) is 9.25. The highest BCUT2D eigenvalue weighted by molar-refractivity contribution is 5.94. The second kappa shape index (κ2) is 5.09. The summed E-state index contributed by atoms with van der Waals surface area (Å²) in [6.07, 6.45) is 1.04. The minimum atomic E-state index is -0.0428. The van der Waals surface area contributed by atoms with E-state index in [0.717, 1.165) is 25.1 Å². The fraction of sp³-hybridized carbons (Fsp3) is 0.417. The van der Waals surface area contributed by atoms with Crippen LogP contribution in [0.1, 0.15) is 21.5 Å². The highest BCUT2D eigenvalue weighted by Crippen LogP contribution is 2.15. The van der Waals surface area contributed by atoms with Gasteiger partial charge in [0, 0.05) is 25.2 Å². The second-order valence-electron chi connectivity index (χ2n) is 3.95. The normalized spacial score (nSPS) is 14.3. The molecule has 0 radical (unpaired) electrons. The van der Waals surface area contributed by atoms with Crippen LogP contribution in [0, 0.1) is 0 Å². The zero-order valence-corrected chi connectivity index (χ0v) is 9.25. The van der Waals surface area contributed by atoms with Crippen LogP contribution >= 0.6 is 0 Å². The van der Waals surface area contributed by atoms with E-state index < -0.39 is 0 Å². The topological polar surface area (TPSA) is 67.1 Å². The van der Waals surface area contributed by atoms with E-state index in [9.17, 15) is 4.79 Å². The van der Waals surface area contributed by atoms with Gasteiger partial charge >= 0.3 is 0 Å². The maximum absolute atomic E-state index is 11.7. The maximum Gasteiger partial charge on any atom is 0.251 e. The molecule has 0 atom stereocenters. The summed E-state index contributed by atoms with van der Waals surface area (Å²) in [5.74, 6) is -0.0428. The molecule has 16 heavy (non-hydrogen) atoms. The van der Waals surface area contributed by atoms with Gasteiger partial charge in [0.1, 0.15) is 0 Å². The summed E-state index contributed by atoms with van der Waals surface area (Å²) in [6.45, 7) is 2.87. The van der Waals surface area contributed by atoms with E-state index in [1.165, 1.54) is 11.1 Å². The largest absolute Gasteiger partial charge is 0.351 e. The molecule has 4 nitrogen and oxygen atoms in total. The third-order valence-corrected chi connectivity index (χ3v) is 2.78. The molecule has 2 rings (SSSR count). The Morgan fingerprint density at radius 2 is 2.31 bits per heavy atom. The average molecular weight is 219 g/mol. The van der Waals surface area contributed by atoms with Gasteiger partial charge in [-0.2, -0.15) is 0 Å². The first-order valence-corrected chi connectivity index (χ1v) is 5.62. The number of hydrogen-bond acceptors (Lipinski definition) is 3. The lowest BCUT2D eigenvalue weighted by Gasteiger charge is -2.17. The van der Waals surface area contributed by atoms with Crippen molar-refractivity contribution in [1.82, 2.24) is 10.6 Å². The average Bonchev–Trinajstić information content (AvgIpc) is 2.35. The molecule has 0 bridgehead atoms. The number of rotatable bonds is 3. The number of nitrogens with two attached hydrogens (primary N) is 1. The standard InChI is InChI=1S/C12H17N3O/c13-4-6-15-12(16)10-2-1-9-3-5-14-8-11(9)7-10/h1-2,7,14H,3-6,8,13H2,(H,15,16). The van der Waals surface area contributed by atoms with E-state index in [1.807, 2.05) is 18.2 Å². The third-order valence-electron chi connectivity index (χ3n) is 2.78. The number of carbonyl (C=O) groups excluding carboxylic acids is 1. The van der Waals surface area contributed by atoms with E-state index in [2.05, 4.69) is 10.6 Å². The molecule has 1 aliphatic rings. The van der Waals surface area contributed by atoms with Crippen molar-refractivity contribution in [3.8, 4) is 0 Å². The van der Waals surface area contributed by atoms with Crippen molar-refractivity contribution in [3.05, 3.63) is 34.9 Å². The lowest BCUT2D eigenvalue weighted by Crippen LogP contribution is -2.29. The van der Waals surface area contributed by atoms with E-state index >= 15 is 0 Å². The van der Waals surface area contributed by atoms with Crippen molar-refractivity contribution < 1.29 is 4.79 Å². The molecule has 0 saturated heterocycles. The summed E-state index contributed by atoms with van der Waals surface area (Å²) in [6, 6.07) is 5.90. The van der Waals surface area contributed by atoms with Crippen LogP contribution in [-0.4, -0.2) is 25.5 Å². The first-order chi connectivity index (χ1) is 7.81. The molecule has 0 saturated carbocycles. The van der Waals surface area contributed by atoms with Gasteiger partial charge in [0.05, 0.1) is 0 Å². The molecule has 4 N–H and O–H groups in total. The summed E-state index contributed by atoms with van der Waals surface area (Å²) >= 11 is 0. The first-order valence-electron chi connectivity index (χ1n) is 5.62. The fourth-order valence-electron chi connectivity index (χ4n) is 1.91. The van der Waals surface area contributed by atoms with Gasteiger partial charge in [0.2, 0.25) is 0 Å². The van der Waals surface area contributed by atoms with Crippen molar-refractivity contribution in [2.75, 3.05) is 19.6 Å². The van der Waals surface area contributed by atoms with Gasteiger partial charge < -0.3 is 16.4 Å². The van der Waals surface area contributed by atoms with Gasteiger partial charge in [-0.05, 0) is 36.2 Å². The summed E-state index contributed by atoms with van der Waals surface area (Å²) in [7, 11) is 0. The van der Waals surface area contributed by atoms with Gasteiger partial charge in [-0.25, -0.2) is 0 Å². The Hall–Kier alpha value is -1.39. The maximum atomic E-state index is 11.7. The van der Waals surface area contributed by atoms with E-state index in [4.69, 9.17) is 5.73 Å². The van der Waals surface area contributed by atoms with Crippen LogP contribution in [-0.2, 0) is 13.0 Å². The van der Waals surface area contributed by atoms with Gasteiger partial charge in [0.15, 0.2) is 0 Å². The summed E-state index contributed by atoms with van der Waals surface area (Å²) in [5, 5.41) is 6.07. The Morgan fingerprint density at radius 1 is 1.44 bits per heavy atom. The van der Waals surface area contributed by atoms with Crippen LogP contribution < -0.4 is 16.4 Å². The summed E-state index contributed by atoms with van der Waals surface area (Å²) < 4.78 is 0. The number of benzene rings is 1. The van der Waals surface area contributed by atoms with Gasteiger partial charge in [-0.1, -0.05) is 6.07 Å². The van der Waals surface area contributed by atoms with Crippen LogP contribution in [0.15, 0.2) is 18.2 Å². The molecule has 1 aliphatic heterocycles. The molecule has 0 aromatic heterocycles. The molecule has 0 aliphatic carbocycles. The lowest BCUT2D eigenvalue weighted by molar-refractivity contribution is 0.0954. The zero-order chi connectivity index (χ0) is 11.4. The summed E-state index contributed by atoms with van der Waals surface area (Å²) in [4.78, 5) is 11.7. The monoisotopic (exact) mass is 219 g/mol. The van der Waals surface area contributed by atoms with E-state index in [1.54, 1.807) is 0 Å². The molecule has 1 aromatic carbocycles. The quantitative estimate of drug-likeness (QED) is 0.671. The Morgan fingerprint density at radius 3 is 3.12 bits per heavy atom. The number of carbonyl (C=O) groups is 1. The van der Waals surface area contributed by atoms with Crippen molar-refractivity contribution in [3.63, 3.8) is 0 Å². The molecule has 1 amide bonds.